The Balaban J connectivity index is 1.64. The number of ether oxygens (including phenoxy) is 1. The molecule has 1 heterocycles. The normalized spacial score (nSPS) is 19.9. The molecular weight excluding hydrogens is 240 g/mol. The number of nitriles is 1. The quantitative estimate of drug-likeness (QED) is 0.820. The molecule has 19 heavy (non-hydrogen) atoms. The summed E-state index contributed by atoms with van der Waals surface area (Å²) in [6.07, 6.45) is 2.80. The molecule has 1 saturated heterocycles. The van der Waals surface area contributed by atoms with Gasteiger partial charge in [0.1, 0.15) is 5.75 Å². The molecule has 0 unspecified atom stereocenters. The molecular formula is C15H20N2O2. The molecule has 0 saturated carbocycles. The topological polar surface area (TPSA) is 56.5 Å². The fraction of sp³-hybridized carbons (Fsp3) is 0.533. The van der Waals surface area contributed by atoms with E-state index in [4.69, 9.17) is 10.00 Å². The molecule has 0 aromatic heterocycles. The van der Waals surface area contributed by atoms with Crippen molar-refractivity contribution in [1.29, 1.82) is 5.26 Å². The maximum Gasteiger partial charge on any atom is 0.119 e. The van der Waals surface area contributed by atoms with Gasteiger partial charge in [-0.2, -0.15) is 5.26 Å². The zero-order valence-electron chi connectivity index (χ0n) is 11.1. The van der Waals surface area contributed by atoms with Crippen molar-refractivity contribution in [3.8, 4) is 11.8 Å². The minimum absolute atomic E-state index is 0.159. The van der Waals surface area contributed by atoms with Gasteiger partial charge in [0.05, 0.1) is 24.3 Å². The lowest BCUT2D eigenvalue weighted by molar-refractivity contribution is 0.0679. The van der Waals surface area contributed by atoms with E-state index in [0.29, 0.717) is 12.2 Å². The Bertz CT molecular complexity index is 425. The number of aliphatic hydroxyl groups excluding tert-OH is 1. The molecule has 1 N–H and O–H groups in total. The summed E-state index contributed by atoms with van der Waals surface area (Å²) in [5.41, 5.74) is 0.648. The number of likely N-dealkylation sites (tertiary alicyclic amines) is 1. The van der Waals surface area contributed by atoms with E-state index < -0.39 is 0 Å². The van der Waals surface area contributed by atoms with E-state index in [-0.39, 0.29) is 6.10 Å². The molecule has 0 aliphatic carbocycles. The highest BCUT2D eigenvalue weighted by Gasteiger charge is 2.16. The first-order chi connectivity index (χ1) is 9.28. The van der Waals surface area contributed by atoms with Crippen LogP contribution in [0.5, 0.6) is 5.75 Å². The molecule has 102 valence electrons. The standard InChI is InChI=1S/C15H20N2O2/c16-11-13-4-6-15(7-5-13)19-10-2-9-17-8-1-3-14(18)12-17/h4-7,14,18H,1-3,8-10,12H2/t14-/m0/s1. The van der Waals surface area contributed by atoms with Gasteiger partial charge < -0.3 is 14.7 Å². The first-order valence-electron chi connectivity index (χ1n) is 6.81. The lowest BCUT2D eigenvalue weighted by Crippen LogP contribution is -2.39. The van der Waals surface area contributed by atoms with Gasteiger partial charge in [-0.1, -0.05) is 0 Å². The molecule has 0 amide bonds. The summed E-state index contributed by atoms with van der Waals surface area (Å²) in [4.78, 5) is 2.29. The lowest BCUT2D eigenvalue weighted by atomic mass is 10.1. The van der Waals surface area contributed by atoms with Crippen LogP contribution >= 0.6 is 0 Å². The van der Waals surface area contributed by atoms with Gasteiger partial charge in [0, 0.05) is 13.1 Å². The van der Waals surface area contributed by atoms with E-state index in [9.17, 15) is 5.11 Å². The molecule has 0 spiro atoms. The molecule has 1 fully saturated rings. The van der Waals surface area contributed by atoms with Gasteiger partial charge in [-0.15, -0.1) is 0 Å². The highest BCUT2D eigenvalue weighted by Crippen LogP contribution is 2.13. The van der Waals surface area contributed by atoms with Crippen molar-refractivity contribution in [2.45, 2.75) is 25.4 Å². The molecule has 1 aliphatic heterocycles. The zero-order chi connectivity index (χ0) is 13.5. The summed E-state index contributed by atoms with van der Waals surface area (Å²) >= 11 is 0. The van der Waals surface area contributed by atoms with Crippen LogP contribution in [0.4, 0.5) is 0 Å². The lowest BCUT2D eigenvalue weighted by Gasteiger charge is -2.29. The van der Waals surface area contributed by atoms with Crippen molar-refractivity contribution in [3.05, 3.63) is 29.8 Å². The Morgan fingerprint density at radius 2 is 2.16 bits per heavy atom. The molecule has 1 aromatic rings. The molecule has 0 radical (unpaired) electrons. The van der Waals surface area contributed by atoms with Crippen molar-refractivity contribution < 1.29 is 9.84 Å². The third-order valence-electron chi connectivity index (χ3n) is 3.35. The number of rotatable bonds is 5. The van der Waals surface area contributed by atoms with Gasteiger partial charge in [-0.3, -0.25) is 0 Å². The second-order valence-electron chi connectivity index (χ2n) is 4.93. The third-order valence-corrected chi connectivity index (χ3v) is 3.35. The summed E-state index contributed by atoms with van der Waals surface area (Å²) < 4.78 is 5.62. The molecule has 4 nitrogen and oxygen atoms in total. The minimum Gasteiger partial charge on any atom is -0.494 e. The van der Waals surface area contributed by atoms with E-state index in [0.717, 1.165) is 44.6 Å². The van der Waals surface area contributed by atoms with Crippen LogP contribution in [-0.2, 0) is 0 Å². The van der Waals surface area contributed by atoms with Crippen molar-refractivity contribution in [1.82, 2.24) is 4.90 Å². The van der Waals surface area contributed by atoms with Crippen LogP contribution in [0.1, 0.15) is 24.8 Å². The minimum atomic E-state index is -0.159. The Morgan fingerprint density at radius 1 is 1.37 bits per heavy atom. The number of hydrogen-bond donors (Lipinski definition) is 1. The smallest absolute Gasteiger partial charge is 0.119 e. The molecule has 4 heteroatoms. The Morgan fingerprint density at radius 3 is 2.84 bits per heavy atom. The average molecular weight is 260 g/mol. The number of aliphatic hydroxyl groups is 1. The largest absolute Gasteiger partial charge is 0.494 e. The maximum atomic E-state index is 9.56. The van der Waals surface area contributed by atoms with Gasteiger partial charge in [0.15, 0.2) is 0 Å². The highest BCUT2D eigenvalue weighted by atomic mass is 16.5. The third kappa shape index (κ3) is 4.55. The number of nitrogens with zero attached hydrogens (tertiary/aromatic N) is 2. The maximum absolute atomic E-state index is 9.56. The van der Waals surface area contributed by atoms with Crippen LogP contribution in [0.3, 0.4) is 0 Å². The van der Waals surface area contributed by atoms with Gasteiger partial charge in [0.2, 0.25) is 0 Å². The summed E-state index contributed by atoms with van der Waals surface area (Å²) in [6, 6.07) is 9.25. The van der Waals surface area contributed by atoms with E-state index in [1.165, 1.54) is 0 Å². The van der Waals surface area contributed by atoms with Crippen LogP contribution in [0.25, 0.3) is 0 Å². The zero-order valence-corrected chi connectivity index (χ0v) is 11.1. The molecule has 2 rings (SSSR count). The van der Waals surface area contributed by atoms with E-state index in [1.807, 2.05) is 12.1 Å². The first-order valence-corrected chi connectivity index (χ1v) is 6.81. The fourth-order valence-electron chi connectivity index (χ4n) is 2.34. The Labute approximate surface area is 114 Å². The van der Waals surface area contributed by atoms with E-state index in [2.05, 4.69) is 11.0 Å². The predicted octanol–water partition coefficient (Wildman–Crippen LogP) is 1.78. The summed E-state index contributed by atoms with van der Waals surface area (Å²) in [5, 5.41) is 18.3. The van der Waals surface area contributed by atoms with Gasteiger partial charge >= 0.3 is 0 Å². The number of piperidine rings is 1. The summed E-state index contributed by atoms with van der Waals surface area (Å²) in [5.74, 6) is 0.803. The first kappa shape index (κ1) is 13.9. The summed E-state index contributed by atoms with van der Waals surface area (Å²) in [7, 11) is 0. The molecule has 0 bridgehead atoms. The number of benzene rings is 1. The fourth-order valence-corrected chi connectivity index (χ4v) is 2.34. The molecule has 1 atom stereocenters. The highest BCUT2D eigenvalue weighted by molar-refractivity contribution is 5.34. The van der Waals surface area contributed by atoms with Crippen LogP contribution in [0.2, 0.25) is 0 Å². The van der Waals surface area contributed by atoms with Crippen LogP contribution < -0.4 is 4.74 Å². The molecule has 1 aromatic carbocycles. The predicted molar refractivity (Wildman–Crippen MR) is 72.9 cm³/mol. The van der Waals surface area contributed by atoms with Gasteiger partial charge in [-0.25, -0.2) is 0 Å². The number of β-amino-alcohol motifs (C(OH)–C–C–N with tert-alkyl or cyclic N) is 1. The van der Waals surface area contributed by atoms with E-state index >= 15 is 0 Å². The van der Waals surface area contributed by atoms with Gasteiger partial charge in [0.25, 0.3) is 0 Å². The van der Waals surface area contributed by atoms with Crippen LogP contribution in [0.15, 0.2) is 24.3 Å². The Kier molecular flexibility index (Phi) is 5.20. The second-order valence-corrected chi connectivity index (χ2v) is 4.93. The Hall–Kier alpha value is -1.57. The van der Waals surface area contributed by atoms with Crippen molar-refractivity contribution in [2.75, 3.05) is 26.2 Å². The number of hydrogen-bond acceptors (Lipinski definition) is 4. The SMILES string of the molecule is N#Cc1ccc(OCCCN2CCC[C@H](O)C2)cc1. The monoisotopic (exact) mass is 260 g/mol. The van der Waals surface area contributed by atoms with Crippen LogP contribution in [-0.4, -0.2) is 42.4 Å². The average Bonchev–Trinajstić information content (AvgIpc) is 2.44. The summed E-state index contributed by atoms with van der Waals surface area (Å²) in [6.45, 7) is 3.50. The van der Waals surface area contributed by atoms with E-state index in [1.54, 1.807) is 12.1 Å². The van der Waals surface area contributed by atoms with Gasteiger partial charge in [-0.05, 0) is 50.1 Å². The van der Waals surface area contributed by atoms with Crippen molar-refractivity contribution >= 4 is 0 Å². The molecule has 1 aliphatic rings. The van der Waals surface area contributed by atoms with Crippen molar-refractivity contribution in [3.63, 3.8) is 0 Å². The van der Waals surface area contributed by atoms with Crippen molar-refractivity contribution in [2.24, 2.45) is 0 Å². The van der Waals surface area contributed by atoms with Crippen LogP contribution in [0, 0.1) is 11.3 Å². The second kappa shape index (κ2) is 7.13.